The molecular formula is C7H10OS. The highest BCUT2D eigenvalue weighted by Gasteiger charge is 2.39. The predicted molar refractivity (Wildman–Crippen MR) is 38.6 cm³/mol. The Balaban J connectivity index is 2.09. The molecule has 50 valence electrons. The molecule has 0 spiro atoms. The topological polar surface area (TPSA) is 17.1 Å². The number of fused-ring (bicyclic) bond motifs is 2. The molecule has 0 aliphatic carbocycles. The van der Waals surface area contributed by atoms with Gasteiger partial charge < -0.3 is 4.79 Å². The fourth-order valence-corrected chi connectivity index (χ4v) is 3.57. The molecule has 9 heavy (non-hydrogen) atoms. The average molecular weight is 142 g/mol. The molecule has 3 unspecified atom stereocenters. The van der Waals surface area contributed by atoms with E-state index in [4.69, 9.17) is 0 Å². The highest BCUT2D eigenvalue weighted by atomic mass is 32.2. The largest absolute Gasteiger partial charge is 0.303 e. The maximum absolute atomic E-state index is 10.4. The predicted octanol–water partition coefficient (Wildman–Crippen LogP) is 1.47. The summed E-state index contributed by atoms with van der Waals surface area (Å²) in [6.07, 6.45) is 4.97. The molecule has 0 saturated carbocycles. The molecule has 3 atom stereocenters. The zero-order valence-electron chi connectivity index (χ0n) is 5.25. The van der Waals surface area contributed by atoms with Gasteiger partial charge in [0.25, 0.3) is 0 Å². The van der Waals surface area contributed by atoms with E-state index in [1.165, 1.54) is 19.3 Å². The fourth-order valence-electron chi connectivity index (χ4n) is 1.82. The van der Waals surface area contributed by atoms with E-state index in [1.54, 1.807) is 0 Å². The smallest absolute Gasteiger partial charge is 0.124 e. The van der Waals surface area contributed by atoms with E-state index in [9.17, 15) is 4.79 Å². The number of hydrogen-bond acceptors (Lipinski definition) is 2. The van der Waals surface area contributed by atoms with Crippen LogP contribution >= 0.6 is 11.8 Å². The van der Waals surface area contributed by atoms with Crippen molar-refractivity contribution in [1.29, 1.82) is 0 Å². The van der Waals surface area contributed by atoms with Gasteiger partial charge in [-0.25, -0.2) is 0 Å². The van der Waals surface area contributed by atoms with Crippen molar-refractivity contribution in [2.45, 2.75) is 29.8 Å². The zero-order chi connectivity index (χ0) is 6.27. The van der Waals surface area contributed by atoms with Gasteiger partial charge in [-0.3, -0.25) is 0 Å². The third-order valence-electron chi connectivity index (χ3n) is 2.33. The Morgan fingerprint density at radius 2 is 2.33 bits per heavy atom. The molecule has 1 nitrogen and oxygen atoms in total. The van der Waals surface area contributed by atoms with Crippen LogP contribution in [0.15, 0.2) is 0 Å². The number of hydrogen-bond donors (Lipinski definition) is 0. The Bertz CT molecular complexity index is 135. The Kier molecular flexibility index (Phi) is 1.29. The van der Waals surface area contributed by atoms with Crippen LogP contribution in [-0.2, 0) is 4.79 Å². The van der Waals surface area contributed by atoms with Crippen LogP contribution in [0.5, 0.6) is 0 Å². The fraction of sp³-hybridized carbons (Fsp3) is 0.857. The summed E-state index contributed by atoms with van der Waals surface area (Å²) in [5.74, 6) is 0.411. The van der Waals surface area contributed by atoms with Crippen molar-refractivity contribution in [1.82, 2.24) is 0 Å². The van der Waals surface area contributed by atoms with Crippen LogP contribution in [0.25, 0.3) is 0 Å². The van der Waals surface area contributed by atoms with E-state index in [1.807, 2.05) is 11.8 Å². The van der Waals surface area contributed by atoms with Crippen LogP contribution < -0.4 is 0 Å². The van der Waals surface area contributed by atoms with Crippen molar-refractivity contribution in [3.8, 4) is 0 Å². The van der Waals surface area contributed by atoms with Gasteiger partial charge in [-0.1, -0.05) is 0 Å². The number of carbonyl (C=O) groups excluding carboxylic acids is 1. The first kappa shape index (κ1) is 5.78. The van der Waals surface area contributed by atoms with Gasteiger partial charge in [0.2, 0.25) is 0 Å². The molecule has 0 N–H and O–H groups in total. The second-order valence-electron chi connectivity index (χ2n) is 2.91. The summed E-state index contributed by atoms with van der Waals surface area (Å²) in [6.45, 7) is 0. The van der Waals surface area contributed by atoms with Gasteiger partial charge in [0.1, 0.15) is 6.29 Å². The lowest BCUT2D eigenvalue weighted by molar-refractivity contribution is -0.111. The molecule has 0 aromatic heterocycles. The van der Waals surface area contributed by atoms with Crippen LogP contribution in [0.4, 0.5) is 0 Å². The first-order valence-electron chi connectivity index (χ1n) is 3.51. The van der Waals surface area contributed by atoms with Crippen molar-refractivity contribution in [3.05, 3.63) is 0 Å². The number of carbonyl (C=O) groups is 1. The monoisotopic (exact) mass is 142 g/mol. The highest BCUT2D eigenvalue weighted by molar-refractivity contribution is 8.01. The van der Waals surface area contributed by atoms with Crippen molar-refractivity contribution in [2.75, 3.05) is 0 Å². The highest BCUT2D eigenvalue weighted by Crippen LogP contribution is 2.48. The zero-order valence-corrected chi connectivity index (χ0v) is 6.06. The minimum atomic E-state index is 0.411. The minimum absolute atomic E-state index is 0.411. The molecule has 0 aromatic rings. The SMILES string of the molecule is O=CC1CC2CCC1S2. The standard InChI is InChI=1S/C7H10OS/c8-4-5-3-6-1-2-7(5)9-6/h4-7H,1-3H2. The molecule has 2 saturated heterocycles. The van der Waals surface area contributed by atoms with Crippen LogP contribution in [0, 0.1) is 5.92 Å². The van der Waals surface area contributed by atoms with Gasteiger partial charge >= 0.3 is 0 Å². The first-order valence-corrected chi connectivity index (χ1v) is 4.45. The Morgan fingerprint density at radius 3 is 2.67 bits per heavy atom. The Morgan fingerprint density at radius 1 is 1.44 bits per heavy atom. The molecule has 2 rings (SSSR count). The third kappa shape index (κ3) is 0.803. The Labute approximate surface area is 59.2 Å². The number of thioether (sulfide) groups is 1. The molecule has 0 aromatic carbocycles. The van der Waals surface area contributed by atoms with Gasteiger partial charge in [-0.05, 0) is 19.3 Å². The summed E-state index contributed by atoms with van der Waals surface area (Å²) >= 11 is 2.03. The summed E-state index contributed by atoms with van der Waals surface area (Å²) in [4.78, 5) is 10.4. The second kappa shape index (κ2) is 2.01. The van der Waals surface area contributed by atoms with Crippen molar-refractivity contribution in [2.24, 2.45) is 5.92 Å². The van der Waals surface area contributed by atoms with E-state index < -0.39 is 0 Å². The quantitative estimate of drug-likeness (QED) is 0.516. The molecular weight excluding hydrogens is 132 g/mol. The van der Waals surface area contributed by atoms with E-state index >= 15 is 0 Å². The van der Waals surface area contributed by atoms with Crippen LogP contribution in [0.1, 0.15) is 19.3 Å². The lowest BCUT2D eigenvalue weighted by atomic mass is 9.91. The van der Waals surface area contributed by atoms with E-state index in [2.05, 4.69) is 0 Å². The van der Waals surface area contributed by atoms with Gasteiger partial charge in [0.05, 0.1) is 0 Å². The first-order chi connectivity index (χ1) is 4.40. The molecule has 2 bridgehead atoms. The Hall–Kier alpha value is 0.0200. The second-order valence-corrected chi connectivity index (χ2v) is 4.45. The summed E-state index contributed by atoms with van der Waals surface area (Å²) in [5, 5.41) is 1.54. The summed E-state index contributed by atoms with van der Waals surface area (Å²) in [5.41, 5.74) is 0. The summed E-state index contributed by atoms with van der Waals surface area (Å²) < 4.78 is 0. The molecule has 2 aliphatic heterocycles. The molecule has 0 amide bonds. The summed E-state index contributed by atoms with van der Waals surface area (Å²) in [7, 11) is 0. The van der Waals surface area contributed by atoms with Crippen molar-refractivity contribution in [3.63, 3.8) is 0 Å². The lowest BCUT2D eigenvalue weighted by Gasteiger charge is -2.12. The van der Waals surface area contributed by atoms with Gasteiger partial charge in [0, 0.05) is 16.4 Å². The maximum atomic E-state index is 10.4. The molecule has 2 aliphatic rings. The van der Waals surface area contributed by atoms with Gasteiger partial charge in [-0.15, -0.1) is 0 Å². The van der Waals surface area contributed by atoms with Crippen LogP contribution in [0.2, 0.25) is 0 Å². The maximum Gasteiger partial charge on any atom is 0.124 e. The van der Waals surface area contributed by atoms with Crippen molar-refractivity contribution >= 4 is 18.0 Å². The van der Waals surface area contributed by atoms with E-state index in [0.29, 0.717) is 11.2 Å². The van der Waals surface area contributed by atoms with Gasteiger partial charge in [0.15, 0.2) is 0 Å². The van der Waals surface area contributed by atoms with E-state index in [0.717, 1.165) is 11.5 Å². The normalized spacial score (nSPS) is 47.8. The third-order valence-corrected chi connectivity index (χ3v) is 4.08. The average Bonchev–Trinajstić information content (AvgIpc) is 2.45. The summed E-state index contributed by atoms with van der Waals surface area (Å²) in [6, 6.07) is 0. The van der Waals surface area contributed by atoms with Crippen LogP contribution in [0.3, 0.4) is 0 Å². The molecule has 2 fully saturated rings. The van der Waals surface area contributed by atoms with Crippen molar-refractivity contribution < 1.29 is 4.79 Å². The minimum Gasteiger partial charge on any atom is -0.303 e. The molecule has 0 radical (unpaired) electrons. The number of rotatable bonds is 1. The number of aldehydes is 1. The molecule has 2 heterocycles. The lowest BCUT2D eigenvalue weighted by Crippen LogP contribution is -2.16. The van der Waals surface area contributed by atoms with Gasteiger partial charge in [-0.2, -0.15) is 11.8 Å². The van der Waals surface area contributed by atoms with E-state index in [-0.39, 0.29) is 0 Å². The van der Waals surface area contributed by atoms with Crippen LogP contribution in [-0.4, -0.2) is 16.8 Å². The molecule has 2 heteroatoms.